The Labute approximate surface area is 314 Å². The molecule has 10 heteroatoms. The Morgan fingerprint density at radius 3 is 1.85 bits per heavy atom. The van der Waals surface area contributed by atoms with E-state index in [1.54, 1.807) is 23.5 Å². The molecule has 0 saturated heterocycles. The van der Waals surface area contributed by atoms with Crippen molar-refractivity contribution in [3.63, 3.8) is 0 Å². The van der Waals surface area contributed by atoms with E-state index >= 15 is 0 Å². The maximum Gasteiger partial charge on any atom is 0.346 e. The highest BCUT2D eigenvalue weighted by atomic mass is 32.1. The lowest BCUT2D eigenvalue weighted by Crippen LogP contribution is -2.31. The van der Waals surface area contributed by atoms with Gasteiger partial charge >= 0.3 is 5.97 Å². The number of carboxylic acids is 1. The summed E-state index contributed by atoms with van der Waals surface area (Å²) >= 11 is 4.27. The van der Waals surface area contributed by atoms with Crippen LogP contribution in [-0.2, 0) is 4.79 Å². The van der Waals surface area contributed by atoms with Crippen LogP contribution in [0, 0.1) is 11.3 Å². The molecule has 7 nitrogen and oxygen atoms in total. The predicted molar refractivity (Wildman–Crippen MR) is 212 cm³/mol. The average molecular weight is 740 g/mol. The van der Waals surface area contributed by atoms with Crippen molar-refractivity contribution in [2.24, 2.45) is 0 Å². The first-order chi connectivity index (χ1) is 25.4. The van der Waals surface area contributed by atoms with Gasteiger partial charge in [-0.25, -0.2) is 4.79 Å². The maximum atomic E-state index is 14.0. The molecule has 3 aromatic carbocycles. The van der Waals surface area contributed by atoms with Crippen LogP contribution in [-0.4, -0.2) is 34.3 Å². The van der Waals surface area contributed by atoms with Gasteiger partial charge in [0.15, 0.2) is 0 Å². The molecule has 0 aliphatic carbocycles. The zero-order valence-corrected chi connectivity index (χ0v) is 30.7. The van der Waals surface area contributed by atoms with Crippen LogP contribution in [0.5, 0.6) is 0 Å². The predicted octanol–water partition coefficient (Wildman–Crippen LogP) is 11.5. The molecule has 0 saturated carbocycles. The van der Waals surface area contributed by atoms with E-state index in [9.17, 15) is 24.8 Å². The highest BCUT2D eigenvalue weighted by molar-refractivity contribution is 7.28. The molecule has 0 fully saturated rings. The molecule has 2 amide bonds. The van der Waals surface area contributed by atoms with Crippen LogP contribution in [0.3, 0.4) is 0 Å². The normalized spacial score (nSPS) is 12.6. The molecule has 0 unspecified atom stereocenters. The van der Waals surface area contributed by atoms with E-state index in [0.29, 0.717) is 27.4 Å². The number of aliphatic carboxylic acids is 1. The SMILES string of the molecule is CCCCCCN1C(=O)c2c(-c3ccc(/C=C(\C#N)C(=O)O)s3)sc(-c3ccc(-c4ccc(N(c5ccccc5)c5ccccc5)cc4)s3)c2C1=O. The minimum atomic E-state index is -1.30. The van der Waals surface area contributed by atoms with E-state index in [-0.39, 0.29) is 17.4 Å². The summed E-state index contributed by atoms with van der Waals surface area (Å²) in [5.41, 5.74) is 4.64. The van der Waals surface area contributed by atoms with E-state index in [1.807, 2.05) is 48.5 Å². The summed E-state index contributed by atoms with van der Waals surface area (Å²) in [6.45, 7) is 2.49. The number of unbranched alkanes of at least 4 members (excludes halogenated alkanes) is 3. The third-order valence-electron chi connectivity index (χ3n) is 8.82. The molecule has 0 atom stereocenters. The molecule has 1 aliphatic rings. The van der Waals surface area contributed by atoms with Crippen LogP contribution >= 0.6 is 34.0 Å². The molecule has 7 rings (SSSR count). The number of carbonyl (C=O) groups excluding carboxylic acids is 2. The summed E-state index contributed by atoms with van der Waals surface area (Å²) in [6.07, 6.45) is 5.10. The first-order valence-electron chi connectivity index (χ1n) is 17.0. The number of nitriles is 1. The fourth-order valence-corrected chi connectivity index (χ4v) is 9.76. The molecule has 52 heavy (non-hydrogen) atoms. The van der Waals surface area contributed by atoms with E-state index in [1.165, 1.54) is 33.6 Å². The Morgan fingerprint density at radius 2 is 1.27 bits per heavy atom. The number of imide groups is 1. The smallest absolute Gasteiger partial charge is 0.346 e. The van der Waals surface area contributed by atoms with Crippen LogP contribution in [0.25, 0.3) is 36.0 Å². The molecule has 6 aromatic rings. The van der Waals surface area contributed by atoms with Gasteiger partial charge in [0.1, 0.15) is 11.6 Å². The molecular weight excluding hydrogens is 707 g/mol. The van der Waals surface area contributed by atoms with Gasteiger partial charge in [0.05, 0.1) is 20.9 Å². The summed E-state index contributed by atoms with van der Waals surface area (Å²) in [5, 5.41) is 18.6. The lowest BCUT2D eigenvalue weighted by molar-refractivity contribution is -0.132. The minimum Gasteiger partial charge on any atom is -0.477 e. The second kappa shape index (κ2) is 15.3. The van der Waals surface area contributed by atoms with Gasteiger partial charge in [-0.1, -0.05) is 74.7 Å². The van der Waals surface area contributed by atoms with Gasteiger partial charge in [-0.2, -0.15) is 5.26 Å². The summed E-state index contributed by atoms with van der Waals surface area (Å²) in [7, 11) is 0. The molecule has 0 radical (unpaired) electrons. The number of amides is 2. The largest absolute Gasteiger partial charge is 0.477 e. The number of anilines is 3. The number of carboxylic acid groups (broad SMARTS) is 1. The first-order valence-corrected chi connectivity index (χ1v) is 19.4. The van der Waals surface area contributed by atoms with E-state index in [4.69, 9.17) is 0 Å². The molecule has 0 bridgehead atoms. The van der Waals surface area contributed by atoms with Crippen molar-refractivity contribution in [3.8, 4) is 36.0 Å². The fraction of sp³-hybridized carbons (Fsp3) is 0.143. The van der Waals surface area contributed by atoms with Crippen LogP contribution in [0.4, 0.5) is 17.1 Å². The number of fused-ring (bicyclic) bond motifs is 1. The monoisotopic (exact) mass is 739 g/mol. The second-order valence-corrected chi connectivity index (χ2v) is 15.4. The number of carbonyl (C=O) groups is 3. The topological polar surface area (TPSA) is 102 Å². The van der Waals surface area contributed by atoms with Gasteiger partial charge in [-0.3, -0.25) is 14.5 Å². The second-order valence-electron chi connectivity index (χ2n) is 12.2. The quantitative estimate of drug-likeness (QED) is 0.0547. The van der Waals surface area contributed by atoms with Gasteiger partial charge in [-0.15, -0.1) is 34.0 Å². The molecule has 258 valence electrons. The number of hydrogen-bond acceptors (Lipinski definition) is 8. The van der Waals surface area contributed by atoms with E-state index in [0.717, 1.165) is 67.8 Å². The van der Waals surface area contributed by atoms with Crippen LogP contribution < -0.4 is 4.90 Å². The van der Waals surface area contributed by atoms with Gasteiger partial charge in [0.25, 0.3) is 11.8 Å². The van der Waals surface area contributed by atoms with Gasteiger partial charge < -0.3 is 10.0 Å². The van der Waals surface area contributed by atoms with Crippen molar-refractivity contribution in [1.29, 1.82) is 5.26 Å². The zero-order valence-electron chi connectivity index (χ0n) is 28.2. The standard InChI is InChI=1S/C42H33N3O4S3/c1-2-3-4-11-24-44-40(46)36-37(41(44)47)39(52-38(36)34-21-20-32(50-34)25-28(26-43)42(48)49)35-23-22-33(51-35)27-16-18-31(19-17-27)45(29-12-7-5-8-13-29)30-14-9-6-10-15-30/h5-10,12-23,25H,2-4,11,24H2,1H3,(H,48,49)/b28-25+. The van der Waals surface area contributed by atoms with Crippen molar-refractivity contribution in [1.82, 2.24) is 4.90 Å². The Kier molecular flexibility index (Phi) is 10.3. The molecule has 1 N–H and O–H groups in total. The van der Waals surface area contributed by atoms with Crippen LogP contribution in [0.15, 0.2) is 115 Å². The summed E-state index contributed by atoms with van der Waals surface area (Å²) in [6, 6.07) is 38.3. The third kappa shape index (κ3) is 6.86. The zero-order chi connectivity index (χ0) is 36.2. The first kappa shape index (κ1) is 34.8. The van der Waals surface area contributed by atoms with Crippen LogP contribution in [0.1, 0.15) is 58.2 Å². The number of rotatable bonds is 13. The van der Waals surface area contributed by atoms with Crippen LogP contribution in [0.2, 0.25) is 0 Å². The maximum absolute atomic E-state index is 14.0. The Morgan fingerprint density at radius 1 is 0.712 bits per heavy atom. The molecular formula is C42H33N3O4S3. The lowest BCUT2D eigenvalue weighted by Gasteiger charge is -2.25. The number of para-hydroxylation sites is 2. The fourth-order valence-electron chi connectivity index (χ4n) is 6.28. The summed E-state index contributed by atoms with van der Waals surface area (Å²) < 4.78 is 0. The van der Waals surface area contributed by atoms with Crippen molar-refractivity contribution in [2.45, 2.75) is 32.6 Å². The Hall–Kier alpha value is -5.60. The number of thiophene rings is 3. The number of benzene rings is 3. The number of nitrogens with zero attached hydrogens (tertiary/aromatic N) is 3. The van der Waals surface area contributed by atoms with Crippen molar-refractivity contribution in [2.75, 3.05) is 11.4 Å². The third-order valence-corrected chi connectivity index (χ3v) is 12.5. The lowest BCUT2D eigenvalue weighted by atomic mass is 10.1. The minimum absolute atomic E-state index is 0.274. The Balaban J connectivity index is 1.24. The summed E-state index contributed by atoms with van der Waals surface area (Å²) in [5.74, 6) is -1.87. The molecule has 0 spiro atoms. The van der Waals surface area contributed by atoms with E-state index in [2.05, 4.69) is 66.4 Å². The Bertz CT molecular complexity index is 2290. The van der Waals surface area contributed by atoms with Crippen molar-refractivity contribution in [3.05, 3.63) is 131 Å². The van der Waals surface area contributed by atoms with Crippen molar-refractivity contribution >= 4 is 74.9 Å². The van der Waals surface area contributed by atoms with Gasteiger partial charge in [-0.05, 0) is 78.7 Å². The molecule has 4 heterocycles. The van der Waals surface area contributed by atoms with Crippen molar-refractivity contribution < 1.29 is 19.5 Å². The molecule has 3 aromatic heterocycles. The highest BCUT2D eigenvalue weighted by Gasteiger charge is 2.42. The average Bonchev–Trinajstić information content (AvgIpc) is 3.97. The highest BCUT2D eigenvalue weighted by Crippen LogP contribution is 2.50. The van der Waals surface area contributed by atoms with Gasteiger partial charge in [0.2, 0.25) is 0 Å². The van der Waals surface area contributed by atoms with E-state index < -0.39 is 5.97 Å². The molecule has 1 aliphatic heterocycles. The van der Waals surface area contributed by atoms with Gasteiger partial charge in [0, 0.05) is 43.1 Å². The number of hydrogen-bond donors (Lipinski definition) is 1. The summed E-state index contributed by atoms with van der Waals surface area (Å²) in [4.78, 5) is 47.7.